The van der Waals surface area contributed by atoms with Gasteiger partial charge in [-0.1, -0.05) is 31.9 Å². The van der Waals surface area contributed by atoms with Crippen molar-refractivity contribution in [1.29, 1.82) is 0 Å². The second-order valence-corrected chi connectivity index (χ2v) is 5.61. The van der Waals surface area contributed by atoms with E-state index in [-0.39, 0.29) is 0 Å². The molecule has 1 aromatic heterocycles. The summed E-state index contributed by atoms with van der Waals surface area (Å²) >= 11 is 0. The summed E-state index contributed by atoms with van der Waals surface area (Å²) in [5.41, 5.74) is 3.91. The van der Waals surface area contributed by atoms with Crippen LogP contribution >= 0.6 is 0 Å². The fraction of sp³-hybridized carbons (Fsp3) is 0.471. The van der Waals surface area contributed by atoms with Crippen molar-refractivity contribution in [2.45, 2.75) is 45.1 Å². The van der Waals surface area contributed by atoms with Crippen LogP contribution in [0.2, 0.25) is 0 Å². The molecule has 0 aliphatic carbocycles. The second kappa shape index (κ2) is 6.23. The Hall–Kier alpha value is -1.61. The van der Waals surface area contributed by atoms with Crippen LogP contribution in [0.4, 0.5) is 0 Å². The topological polar surface area (TPSA) is 29.9 Å². The van der Waals surface area contributed by atoms with E-state index in [0.717, 1.165) is 13.0 Å². The van der Waals surface area contributed by atoms with Gasteiger partial charge in [0.25, 0.3) is 0 Å². The standard InChI is InChI=1S/C17H23N3/c1-2-5-14-7-9-15(10-8-14)20-13-18-12-17(20)16-6-3-4-11-19-16/h7-10,12-13,16,19H,2-6,11H2,1H3. The molecule has 1 fully saturated rings. The second-order valence-electron chi connectivity index (χ2n) is 5.61. The maximum Gasteiger partial charge on any atom is 0.0994 e. The molecule has 1 N–H and O–H groups in total. The minimum absolute atomic E-state index is 0.446. The van der Waals surface area contributed by atoms with Gasteiger partial charge in [0, 0.05) is 11.7 Å². The first kappa shape index (κ1) is 13.4. The fourth-order valence-corrected chi connectivity index (χ4v) is 2.99. The third-order valence-electron chi connectivity index (χ3n) is 4.09. The Kier molecular flexibility index (Phi) is 4.16. The van der Waals surface area contributed by atoms with Crippen molar-refractivity contribution in [1.82, 2.24) is 14.9 Å². The minimum Gasteiger partial charge on any atom is -0.309 e. The molecule has 1 atom stereocenters. The molecular formula is C17H23N3. The molecule has 0 radical (unpaired) electrons. The molecule has 3 heteroatoms. The van der Waals surface area contributed by atoms with Crippen molar-refractivity contribution in [3.8, 4) is 5.69 Å². The lowest BCUT2D eigenvalue weighted by atomic mass is 10.0. The highest BCUT2D eigenvalue weighted by Gasteiger charge is 2.18. The Morgan fingerprint density at radius 3 is 2.80 bits per heavy atom. The zero-order valence-corrected chi connectivity index (χ0v) is 12.2. The summed E-state index contributed by atoms with van der Waals surface area (Å²) in [5, 5.41) is 3.60. The molecule has 1 unspecified atom stereocenters. The largest absolute Gasteiger partial charge is 0.309 e. The van der Waals surface area contributed by atoms with E-state index in [1.54, 1.807) is 0 Å². The highest BCUT2D eigenvalue weighted by molar-refractivity contribution is 5.37. The molecule has 1 saturated heterocycles. The summed E-state index contributed by atoms with van der Waals surface area (Å²) in [4.78, 5) is 4.36. The van der Waals surface area contributed by atoms with Gasteiger partial charge >= 0.3 is 0 Å². The minimum atomic E-state index is 0.446. The average molecular weight is 269 g/mol. The molecule has 0 saturated carbocycles. The number of aromatic nitrogens is 2. The number of rotatable bonds is 4. The SMILES string of the molecule is CCCc1ccc(-n2cncc2C2CCCCN2)cc1. The van der Waals surface area contributed by atoms with Crippen molar-refractivity contribution in [3.05, 3.63) is 48.0 Å². The van der Waals surface area contributed by atoms with Crippen LogP contribution < -0.4 is 5.32 Å². The Bertz CT molecular complexity index is 536. The molecule has 1 aromatic carbocycles. The van der Waals surface area contributed by atoms with Gasteiger partial charge < -0.3 is 9.88 Å². The van der Waals surface area contributed by atoms with E-state index in [2.05, 4.69) is 46.1 Å². The Balaban J connectivity index is 1.84. The Morgan fingerprint density at radius 1 is 1.25 bits per heavy atom. The van der Waals surface area contributed by atoms with Crippen molar-refractivity contribution in [2.24, 2.45) is 0 Å². The summed E-state index contributed by atoms with van der Waals surface area (Å²) < 4.78 is 2.22. The number of hydrogen-bond acceptors (Lipinski definition) is 2. The first-order valence-electron chi connectivity index (χ1n) is 7.73. The van der Waals surface area contributed by atoms with Gasteiger partial charge in [-0.15, -0.1) is 0 Å². The summed E-state index contributed by atoms with van der Waals surface area (Å²) in [6, 6.07) is 9.33. The van der Waals surface area contributed by atoms with Gasteiger partial charge in [0.15, 0.2) is 0 Å². The molecule has 20 heavy (non-hydrogen) atoms. The monoisotopic (exact) mass is 269 g/mol. The molecule has 106 valence electrons. The summed E-state index contributed by atoms with van der Waals surface area (Å²) in [6.07, 6.45) is 10.1. The molecule has 1 aliphatic rings. The molecule has 0 amide bonds. The van der Waals surface area contributed by atoms with Crippen LogP contribution in [0.15, 0.2) is 36.8 Å². The number of nitrogens with zero attached hydrogens (tertiary/aromatic N) is 2. The normalized spacial score (nSPS) is 19.1. The third-order valence-corrected chi connectivity index (χ3v) is 4.09. The van der Waals surface area contributed by atoms with Gasteiger partial charge in [0.05, 0.1) is 18.2 Å². The van der Waals surface area contributed by atoms with Gasteiger partial charge in [0.1, 0.15) is 0 Å². The van der Waals surface area contributed by atoms with E-state index in [4.69, 9.17) is 0 Å². The number of piperidine rings is 1. The maximum atomic E-state index is 4.36. The van der Waals surface area contributed by atoms with Crippen molar-refractivity contribution >= 4 is 0 Å². The number of nitrogens with one attached hydrogen (secondary N) is 1. The van der Waals surface area contributed by atoms with E-state index in [9.17, 15) is 0 Å². The Labute approximate surface area is 121 Å². The van der Waals surface area contributed by atoms with Crippen molar-refractivity contribution in [3.63, 3.8) is 0 Å². The quantitative estimate of drug-likeness (QED) is 0.918. The number of aryl methyl sites for hydroxylation is 1. The molecule has 3 rings (SSSR count). The van der Waals surface area contributed by atoms with E-state index in [1.165, 1.54) is 42.6 Å². The summed E-state index contributed by atoms with van der Waals surface area (Å²) in [7, 11) is 0. The van der Waals surface area contributed by atoms with Crippen molar-refractivity contribution in [2.75, 3.05) is 6.54 Å². The summed E-state index contributed by atoms with van der Waals surface area (Å²) in [6.45, 7) is 3.34. The number of benzene rings is 1. The van der Waals surface area contributed by atoms with Crippen LogP contribution in [0.5, 0.6) is 0 Å². The van der Waals surface area contributed by atoms with Crippen molar-refractivity contribution < 1.29 is 0 Å². The number of hydrogen-bond donors (Lipinski definition) is 1. The van der Waals surface area contributed by atoms with Crippen LogP contribution in [0, 0.1) is 0 Å². The highest BCUT2D eigenvalue weighted by atomic mass is 15.1. The maximum absolute atomic E-state index is 4.36. The highest BCUT2D eigenvalue weighted by Crippen LogP contribution is 2.25. The predicted octanol–water partition coefficient (Wildman–Crippen LogP) is 3.64. The van der Waals surface area contributed by atoms with Gasteiger partial charge in [-0.05, 0) is 43.5 Å². The molecule has 1 aliphatic heterocycles. The van der Waals surface area contributed by atoms with Crippen LogP contribution in [0.3, 0.4) is 0 Å². The molecule has 0 spiro atoms. The van der Waals surface area contributed by atoms with E-state index in [1.807, 2.05) is 12.5 Å². The molecular weight excluding hydrogens is 246 g/mol. The van der Waals surface area contributed by atoms with E-state index in [0.29, 0.717) is 6.04 Å². The van der Waals surface area contributed by atoms with Gasteiger partial charge in [-0.3, -0.25) is 0 Å². The first-order chi connectivity index (χ1) is 9.88. The van der Waals surface area contributed by atoms with Crippen LogP contribution in [0.25, 0.3) is 5.69 Å². The molecule has 2 heterocycles. The van der Waals surface area contributed by atoms with Gasteiger partial charge in [-0.25, -0.2) is 4.98 Å². The van der Waals surface area contributed by atoms with E-state index >= 15 is 0 Å². The zero-order chi connectivity index (χ0) is 13.8. The fourth-order valence-electron chi connectivity index (χ4n) is 2.99. The van der Waals surface area contributed by atoms with Gasteiger partial charge in [0.2, 0.25) is 0 Å². The smallest absolute Gasteiger partial charge is 0.0994 e. The van der Waals surface area contributed by atoms with E-state index < -0.39 is 0 Å². The Morgan fingerprint density at radius 2 is 2.10 bits per heavy atom. The lowest BCUT2D eigenvalue weighted by molar-refractivity contribution is 0.402. The summed E-state index contributed by atoms with van der Waals surface area (Å²) in [5.74, 6) is 0. The van der Waals surface area contributed by atoms with Gasteiger partial charge in [-0.2, -0.15) is 0 Å². The molecule has 2 aromatic rings. The van der Waals surface area contributed by atoms with Crippen LogP contribution in [-0.4, -0.2) is 16.1 Å². The predicted molar refractivity (Wildman–Crippen MR) is 82.2 cm³/mol. The lowest BCUT2D eigenvalue weighted by Gasteiger charge is -2.24. The van der Waals surface area contributed by atoms with Crippen LogP contribution in [-0.2, 0) is 6.42 Å². The molecule has 3 nitrogen and oxygen atoms in total. The third kappa shape index (κ3) is 2.78. The lowest BCUT2D eigenvalue weighted by Crippen LogP contribution is -2.28. The first-order valence-corrected chi connectivity index (χ1v) is 7.73. The van der Waals surface area contributed by atoms with Crippen LogP contribution in [0.1, 0.15) is 49.9 Å². The average Bonchev–Trinajstić information content (AvgIpc) is 2.99. The number of imidazole rings is 1. The molecule has 0 bridgehead atoms. The zero-order valence-electron chi connectivity index (χ0n) is 12.2.